The van der Waals surface area contributed by atoms with E-state index in [1.165, 1.54) is 7.11 Å². The van der Waals surface area contributed by atoms with Gasteiger partial charge in [-0.1, -0.05) is 13.8 Å². The van der Waals surface area contributed by atoms with Crippen molar-refractivity contribution in [2.24, 2.45) is 5.92 Å². The number of nitrogens with zero attached hydrogens (tertiary/aromatic N) is 1. The SMILES string of the molecule is COC(=O)C(c1cc(OC2CCC2=O)no1)C(C)C. The lowest BCUT2D eigenvalue weighted by Gasteiger charge is -2.22. The molecular formula is C13H17NO5. The predicted molar refractivity (Wildman–Crippen MR) is 64.8 cm³/mol. The summed E-state index contributed by atoms with van der Waals surface area (Å²) in [6.07, 6.45) is 0.825. The Morgan fingerprint density at radius 3 is 2.74 bits per heavy atom. The smallest absolute Gasteiger partial charge is 0.316 e. The molecule has 1 aromatic rings. The Hall–Kier alpha value is -1.85. The molecule has 0 bridgehead atoms. The second-order valence-corrected chi connectivity index (χ2v) is 4.92. The zero-order valence-electron chi connectivity index (χ0n) is 11.2. The highest BCUT2D eigenvalue weighted by molar-refractivity contribution is 5.88. The van der Waals surface area contributed by atoms with Crippen molar-refractivity contribution in [1.82, 2.24) is 5.16 Å². The quantitative estimate of drug-likeness (QED) is 0.755. The fraction of sp³-hybridized carbons (Fsp3) is 0.615. The lowest BCUT2D eigenvalue weighted by molar-refractivity contribution is -0.144. The highest BCUT2D eigenvalue weighted by Gasteiger charge is 2.33. The molecule has 0 spiro atoms. The van der Waals surface area contributed by atoms with Crippen molar-refractivity contribution in [3.05, 3.63) is 11.8 Å². The summed E-state index contributed by atoms with van der Waals surface area (Å²) in [5.74, 6) is -0.188. The molecular weight excluding hydrogens is 250 g/mol. The van der Waals surface area contributed by atoms with Gasteiger partial charge < -0.3 is 14.0 Å². The summed E-state index contributed by atoms with van der Waals surface area (Å²) in [4.78, 5) is 22.9. The minimum Gasteiger partial charge on any atom is -0.468 e. The van der Waals surface area contributed by atoms with E-state index in [2.05, 4.69) is 5.16 Å². The third-order valence-electron chi connectivity index (χ3n) is 3.21. The van der Waals surface area contributed by atoms with Crippen LogP contribution in [0.3, 0.4) is 0 Å². The van der Waals surface area contributed by atoms with Crippen molar-refractivity contribution in [2.75, 3.05) is 7.11 Å². The molecule has 1 aliphatic carbocycles. The lowest BCUT2D eigenvalue weighted by atomic mass is 9.93. The van der Waals surface area contributed by atoms with Crippen LogP contribution in [0.1, 0.15) is 38.4 Å². The van der Waals surface area contributed by atoms with Crippen LogP contribution in [0.4, 0.5) is 0 Å². The largest absolute Gasteiger partial charge is 0.468 e. The van der Waals surface area contributed by atoms with E-state index in [1.54, 1.807) is 6.07 Å². The number of hydrogen-bond acceptors (Lipinski definition) is 6. The summed E-state index contributed by atoms with van der Waals surface area (Å²) in [5.41, 5.74) is 0. The Balaban J connectivity index is 2.09. The van der Waals surface area contributed by atoms with Crippen LogP contribution >= 0.6 is 0 Å². The summed E-state index contributed by atoms with van der Waals surface area (Å²) in [7, 11) is 1.33. The number of carbonyl (C=O) groups excluding carboxylic acids is 2. The van der Waals surface area contributed by atoms with Crippen molar-refractivity contribution >= 4 is 11.8 Å². The summed E-state index contributed by atoms with van der Waals surface area (Å²) in [6, 6.07) is 1.55. The highest BCUT2D eigenvalue weighted by atomic mass is 16.6. The van der Waals surface area contributed by atoms with E-state index in [0.29, 0.717) is 18.6 Å². The molecule has 0 amide bonds. The molecule has 2 atom stereocenters. The Morgan fingerprint density at radius 2 is 2.26 bits per heavy atom. The average Bonchev–Trinajstić information content (AvgIpc) is 2.82. The standard InChI is InChI=1S/C13H17NO5/c1-7(2)12(13(16)17-3)10-6-11(14-19-10)18-9-5-4-8(9)15/h6-7,9,12H,4-5H2,1-3H3. The number of carbonyl (C=O) groups is 2. The fourth-order valence-electron chi connectivity index (χ4n) is 1.97. The van der Waals surface area contributed by atoms with Crippen LogP contribution < -0.4 is 4.74 Å². The Bertz CT molecular complexity index is 479. The van der Waals surface area contributed by atoms with E-state index in [1.807, 2.05) is 13.8 Å². The minimum atomic E-state index is -0.521. The molecule has 1 heterocycles. The van der Waals surface area contributed by atoms with E-state index >= 15 is 0 Å². The minimum absolute atomic E-state index is 0.0126. The van der Waals surface area contributed by atoms with E-state index in [0.717, 1.165) is 0 Å². The third kappa shape index (κ3) is 2.77. The highest BCUT2D eigenvalue weighted by Crippen LogP contribution is 2.29. The van der Waals surface area contributed by atoms with Crippen LogP contribution in [0.5, 0.6) is 5.88 Å². The van der Waals surface area contributed by atoms with Crippen molar-refractivity contribution in [1.29, 1.82) is 0 Å². The molecule has 1 fully saturated rings. The number of ether oxygens (including phenoxy) is 2. The number of hydrogen-bond donors (Lipinski definition) is 0. The van der Waals surface area contributed by atoms with Gasteiger partial charge >= 0.3 is 5.97 Å². The van der Waals surface area contributed by atoms with Gasteiger partial charge in [0.05, 0.1) is 7.11 Å². The van der Waals surface area contributed by atoms with Crippen LogP contribution in [0, 0.1) is 5.92 Å². The Kier molecular flexibility index (Phi) is 3.87. The van der Waals surface area contributed by atoms with Crippen LogP contribution in [-0.2, 0) is 14.3 Å². The van der Waals surface area contributed by atoms with Gasteiger partial charge in [-0.3, -0.25) is 9.59 Å². The Morgan fingerprint density at radius 1 is 1.53 bits per heavy atom. The first-order valence-corrected chi connectivity index (χ1v) is 6.26. The molecule has 6 nitrogen and oxygen atoms in total. The molecule has 1 saturated carbocycles. The number of aromatic nitrogens is 1. The first-order chi connectivity index (χ1) is 9.02. The topological polar surface area (TPSA) is 78.6 Å². The first kappa shape index (κ1) is 13.6. The molecule has 0 aromatic carbocycles. The fourth-order valence-corrected chi connectivity index (χ4v) is 1.97. The molecule has 19 heavy (non-hydrogen) atoms. The van der Waals surface area contributed by atoms with Gasteiger partial charge in [-0.15, -0.1) is 0 Å². The molecule has 1 aliphatic rings. The number of rotatable bonds is 5. The van der Waals surface area contributed by atoms with Crippen LogP contribution in [0.2, 0.25) is 0 Å². The number of methoxy groups -OCH3 is 1. The zero-order chi connectivity index (χ0) is 14.0. The van der Waals surface area contributed by atoms with E-state index < -0.39 is 12.0 Å². The van der Waals surface area contributed by atoms with Crippen molar-refractivity contribution in [2.45, 2.75) is 38.7 Å². The molecule has 0 N–H and O–H groups in total. The van der Waals surface area contributed by atoms with Gasteiger partial charge in [0.1, 0.15) is 5.92 Å². The summed E-state index contributed by atoms with van der Waals surface area (Å²) in [5, 5.41) is 3.74. The van der Waals surface area contributed by atoms with Crippen LogP contribution in [-0.4, -0.2) is 30.1 Å². The van der Waals surface area contributed by atoms with E-state index in [9.17, 15) is 9.59 Å². The second kappa shape index (κ2) is 5.42. The summed E-state index contributed by atoms with van der Waals surface area (Å²) >= 11 is 0. The maximum atomic E-state index is 11.7. The van der Waals surface area contributed by atoms with Gasteiger partial charge in [0, 0.05) is 12.5 Å². The monoisotopic (exact) mass is 267 g/mol. The molecule has 0 radical (unpaired) electrons. The maximum absolute atomic E-state index is 11.7. The Labute approximate surface area is 111 Å². The third-order valence-corrected chi connectivity index (χ3v) is 3.21. The number of esters is 1. The predicted octanol–water partition coefficient (Wildman–Crippen LogP) is 1.70. The van der Waals surface area contributed by atoms with Gasteiger partial charge in [-0.25, -0.2) is 0 Å². The maximum Gasteiger partial charge on any atom is 0.316 e. The molecule has 6 heteroatoms. The van der Waals surface area contributed by atoms with Gasteiger partial charge in [0.2, 0.25) is 0 Å². The van der Waals surface area contributed by atoms with Crippen LogP contribution in [0.15, 0.2) is 10.6 Å². The number of ketones is 1. The molecule has 2 unspecified atom stereocenters. The summed E-state index contributed by atoms with van der Waals surface area (Å²) in [6.45, 7) is 3.78. The molecule has 1 aromatic heterocycles. The van der Waals surface area contributed by atoms with Crippen LogP contribution in [0.25, 0.3) is 0 Å². The average molecular weight is 267 g/mol. The summed E-state index contributed by atoms with van der Waals surface area (Å²) < 4.78 is 15.3. The molecule has 0 aliphatic heterocycles. The van der Waals surface area contributed by atoms with Gasteiger partial charge in [0.15, 0.2) is 17.6 Å². The lowest BCUT2D eigenvalue weighted by Crippen LogP contribution is -2.36. The first-order valence-electron chi connectivity index (χ1n) is 6.26. The second-order valence-electron chi connectivity index (χ2n) is 4.92. The normalized spacial score (nSPS) is 20.0. The van der Waals surface area contributed by atoms with Gasteiger partial charge in [-0.2, -0.15) is 0 Å². The van der Waals surface area contributed by atoms with E-state index in [4.69, 9.17) is 14.0 Å². The molecule has 0 saturated heterocycles. The van der Waals surface area contributed by atoms with Crippen molar-refractivity contribution < 1.29 is 23.6 Å². The zero-order valence-corrected chi connectivity index (χ0v) is 11.2. The van der Waals surface area contributed by atoms with Crippen molar-refractivity contribution in [3.63, 3.8) is 0 Å². The van der Waals surface area contributed by atoms with Gasteiger partial charge in [0.25, 0.3) is 5.88 Å². The van der Waals surface area contributed by atoms with Gasteiger partial charge in [-0.05, 0) is 17.5 Å². The van der Waals surface area contributed by atoms with Crippen molar-refractivity contribution in [3.8, 4) is 5.88 Å². The molecule has 104 valence electrons. The molecule has 2 rings (SSSR count). The van der Waals surface area contributed by atoms with E-state index in [-0.39, 0.29) is 23.6 Å². The number of Topliss-reactive ketones (excluding diaryl/α,β-unsaturated/α-hetero) is 1.